The van der Waals surface area contributed by atoms with Crippen molar-refractivity contribution in [2.45, 2.75) is 31.2 Å². The normalized spacial score (nSPS) is 17.6. The highest BCUT2D eigenvalue weighted by Gasteiger charge is 2.42. The van der Waals surface area contributed by atoms with Gasteiger partial charge in [0.05, 0.1) is 29.6 Å². The quantitative estimate of drug-likeness (QED) is 0.656. The van der Waals surface area contributed by atoms with E-state index in [1.165, 1.54) is 4.90 Å². The number of hydrogen-bond acceptors (Lipinski definition) is 4. The number of rotatable bonds is 5. The summed E-state index contributed by atoms with van der Waals surface area (Å²) in [5.41, 5.74) is -3.79. The Balaban J connectivity index is 1.52. The molecule has 184 valence electrons. The van der Waals surface area contributed by atoms with Crippen molar-refractivity contribution in [2.75, 3.05) is 32.7 Å². The Kier molecular flexibility index (Phi) is 6.32. The first-order valence-electron chi connectivity index (χ1n) is 10.6. The van der Waals surface area contributed by atoms with Gasteiger partial charge >= 0.3 is 12.4 Å². The van der Waals surface area contributed by atoms with Crippen LogP contribution >= 0.6 is 0 Å². The molecule has 2 aromatic rings. The molecule has 0 radical (unpaired) electrons. The largest absolute Gasteiger partial charge is 0.434 e. The van der Waals surface area contributed by atoms with Gasteiger partial charge in [-0.2, -0.15) is 31.4 Å². The Morgan fingerprint density at radius 2 is 1.68 bits per heavy atom. The Hall–Kier alpha value is -3.09. The highest BCUT2D eigenvalue weighted by molar-refractivity contribution is 5.95. The number of benzene rings is 1. The molecule has 2 aliphatic rings. The van der Waals surface area contributed by atoms with Crippen molar-refractivity contribution in [3.63, 3.8) is 0 Å². The molecule has 0 spiro atoms. The van der Waals surface area contributed by atoms with Gasteiger partial charge in [-0.25, -0.2) is 4.68 Å². The molecule has 0 unspecified atom stereocenters. The number of piperazine rings is 1. The molecule has 1 aromatic heterocycles. The van der Waals surface area contributed by atoms with Crippen molar-refractivity contribution in [1.29, 1.82) is 0 Å². The van der Waals surface area contributed by atoms with Crippen molar-refractivity contribution in [3.05, 3.63) is 47.3 Å². The maximum Gasteiger partial charge on any atom is 0.434 e. The highest BCUT2D eigenvalue weighted by atomic mass is 19.4. The third kappa shape index (κ3) is 5.34. The van der Waals surface area contributed by atoms with Gasteiger partial charge < -0.3 is 10.2 Å². The predicted molar refractivity (Wildman–Crippen MR) is 107 cm³/mol. The van der Waals surface area contributed by atoms with E-state index in [2.05, 4.69) is 10.4 Å². The standard InChI is InChI=1S/C21H21F6N5O2/c22-20(23,24)13-2-1-3-15(10-13)32-18(21(25,26)27)16(11-28-32)19(34)31-8-6-30(7-9-31)12-17(33)29-14-4-5-14/h1-3,10-11,14H,4-9,12H2,(H,29,33). The molecule has 1 aliphatic carbocycles. The number of aromatic nitrogens is 2. The van der Waals surface area contributed by atoms with E-state index >= 15 is 0 Å². The maximum atomic E-state index is 13.9. The van der Waals surface area contributed by atoms with Crippen LogP contribution in [0.15, 0.2) is 30.5 Å². The average molecular weight is 489 g/mol. The number of nitrogens with one attached hydrogen (secondary N) is 1. The van der Waals surface area contributed by atoms with E-state index in [1.807, 2.05) is 0 Å². The van der Waals surface area contributed by atoms with Gasteiger partial charge in [0.15, 0.2) is 5.69 Å². The third-order valence-corrected chi connectivity index (χ3v) is 5.66. The number of alkyl halides is 6. The number of nitrogens with zero attached hydrogens (tertiary/aromatic N) is 4. The average Bonchev–Trinajstić information content (AvgIpc) is 3.45. The lowest BCUT2D eigenvalue weighted by Crippen LogP contribution is -2.51. The van der Waals surface area contributed by atoms with E-state index in [0.29, 0.717) is 23.8 Å². The lowest BCUT2D eigenvalue weighted by atomic mass is 10.1. The van der Waals surface area contributed by atoms with Crippen LogP contribution in [0, 0.1) is 0 Å². The minimum atomic E-state index is -5.04. The van der Waals surface area contributed by atoms with Crippen LogP contribution in [-0.2, 0) is 17.1 Å². The summed E-state index contributed by atoms with van der Waals surface area (Å²) in [5.74, 6) is -1.06. The van der Waals surface area contributed by atoms with E-state index in [1.54, 1.807) is 4.90 Å². The lowest BCUT2D eigenvalue weighted by molar-refractivity contribution is -0.143. The smallest absolute Gasteiger partial charge is 0.352 e. The van der Waals surface area contributed by atoms with Crippen molar-refractivity contribution in [3.8, 4) is 5.69 Å². The molecule has 0 atom stereocenters. The summed E-state index contributed by atoms with van der Waals surface area (Å²) in [5, 5.41) is 6.45. The summed E-state index contributed by atoms with van der Waals surface area (Å²) in [4.78, 5) is 27.9. The zero-order valence-corrected chi connectivity index (χ0v) is 17.8. The van der Waals surface area contributed by atoms with Crippen molar-refractivity contribution >= 4 is 11.8 Å². The molecule has 1 saturated heterocycles. The van der Waals surface area contributed by atoms with Crippen LogP contribution in [0.3, 0.4) is 0 Å². The zero-order chi connectivity index (χ0) is 24.7. The monoisotopic (exact) mass is 489 g/mol. The summed E-state index contributed by atoms with van der Waals surface area (Å²) >= 11 is 0. The number of carbonyl (C=O) groups excluding carboxylic acids is 2. The molecule has 1 saturated carbocycles. The molecule has 2 amide bonds. The van der Waals surface area contributed by atoms with Crippen LogP contribution in [0.4, 0.5) is 26.3 Å². The van der Waals surface area contributed by atoms with Crippen LogP contribution in [0.5, 0.6) is 0 Å². The summed E-state index contributed by atoms with van der Waals surface area (Å²) < 4.78 is 81.1. The highest BCUT2D eigenvalue weighted by Crippen LogP contribution is 2.36. The second kappa shape index (κ2) is 8.93. The van der Waals surface area contributed by atoms with Crippen molar-refractivity contribution < 1.29 is 35.9 Å². The first-order chi connectivity index (χ1) is 15.9. The molecule has 2 heterocycles. The SMILES string of the molecule is O=C(CN1CCN(C(=O)c2cnn(-c3cccc(C(F)(F)F)c3)c2C(F)(F)F)CC1)NC1CC1. The van der Waals surface area contributed by atoms with Gasteiger partial charge in [0.2, 0.25) is 5.91 Å². The van der Waals surface area contributed by atoms with Crippen molar-refractivity contribution in [1.82, 2.24) is 24.9 Å². The Morgan fingerprint density at radius 3 is 2.26 bits per heavy atom. The van der Waals surface area contributed by atoms with Gasteiger partial charge in [0, 0.05) is 32.2 Å². The Labute approximate surface area is 190 Å². The van der Waals surface area contributed by atoms with Crippen LogP contribution in [0.25, 0.3) is 5.69 Å². The van der Waals surface area contributed by atoms with Gasteiger partial charge in [-0.05, 0) is 31.0 Å². The fourth-order valence-electron chi connectivity index (χ4n) is 3.77. The molecule has 4 rings (SSSR count). The first kappa shape index (κ1) is 24.0. The van der Waals surface area contributed by atoms with Gasteiger partial charge in [-0.15, -0.1) is 0 Å². The van der Waals surface area contributed by atoms with Gasteiger partial charge in [0.1, 0.15) is 0 Å². The summed E-state index contributed by atoms with van der Waals surface area (Å²) in [6.07, 6.45) is -7.18. The molecule has 2 fully saturated rings. The molecule has 7 nitrogen and oxygen atoms in total. The summed E-state index contributed by atoms with van der Waals surface area (Å²) in [6, 6.07) is 3.51. The molecule has 1 aliphatic heterocycles. The third-order valence-electron chi connectivity index (χ3n) is 5.66. The van der Waals surface area contributed by atoms with E-state index in [9.17, 15) is 35.9 Å². The van der Waals surface area contributed by atoms with E-state index in [-0.39, 0.29) is 31.6 Å². The Morgan fingerprint density at radius 1 is 1.00 bits per heavy atom. The Bertz CT molecular complexity index is 1070. The second-order valence-corrected chi connectivity index (χ2v) is 8.27. The predicted octanol–water partition coefficient (Wildman–Crippen LogP) is 2.95. The van der Waals surface area contributed by atoms with Crippen LogP contribution in [0.2, 0.25) is 0 Å². The number of amides is 2. The molecule has 0 bridgehead atoms. The van der Waals surface area contributed by atoms with Crippen LogP contribution in [0.1, 0.15) is 34.5 Å². The topological polar surface area (TPSA) is 70.5 Å². The van der Waals surface area contributed by atoms with E-state index in [4.69, 9.17) is 0 Å². The van der Waals surface area contributed by atoms with Gasteiger partial charge in [0.25, 0.3) is 5.91 Å². The van der Waals surface area contributed by atoms with Gasteiger partial charge in [-0.1, -0.05) is 6.07 Å². The molecule has 1 aromatic carbocycles. The molecule has 1 N–H and O–H groups in total. The number of halogens is 6. The number of carbonyl (C=O) groups is 2. The molecule has 13 heteroatoms. The summed E-state index contributed by atoms with van der Waals surface area (Å²) in [6.45, 7) is 0.933. The van der Waals surface area contributed by atoms with Crippen LogP contribution in [-0.4, -0.2) is 70.2 Å². The van der Waals surface area contributed by atoms with Gasteiger partial charge in [-0.3, -0.25) is 14.5 Å². The first-order valence-corrected chi connectivity index (χ1v) is 10.6. The van der Waals surface area contributed by atoms with E-state index in [0.717, 1.165) is 37.2 Å². The fourth-order valence-corrected chi connectivity index (χ4v) is 3.77. The lowest BCUT2D eigenvalue weighted by Gasteiger charge is -2.34. The van der Waals surface area contributed by atoms with Crippen LogP contribution < -0.4 is 5.32 Å². The summed E-state index contributed by atoms with van der Waals surface area (Å²) in [7, 11) is 0. The minimum absolute atomic E-state index is 0.0988. The van der Waals surface area contributed by atoms with Crippen molar-refractivity contribution in [2.24, 2.45) is 0 Å². The molecular formula is C21H21F6N5O2. The maximum absolute atomic E-state index is 13.9. The fraction of sp³-hybridized carbons (Fsp3) is 0.476. The van der Waals surface area contributed by atoms with E-state index < -0.39 is 40.8 Å². The second-order valence-electron chi connectivity index (χ2n) is 8.27. The zero-order valence-electron chi connectivity index (χ0n) is 17.8. The number of hydrogen-bond donors (Lipinski definition) is 1. The molecule has 34 heavy (non-hydrogen) atoms. The minimum Gasteiger partial charge on any atom is -0.352 e. The molecular weight excluding hydrogens is 468 g/mol.